The molecule has 0 unspecified atom stereocenters. The van der Waals surface area contributed by atoms with Crippen molar-refractivity contribution in [3.63, 3.8) is 0 Å². The molecule has 0 aliphatic heterocycles. The number of hydrogen-bond donors (Lipinski definition) is 2. The molecule has 3 N–H and O–H groups in total. The van der Waals surface area contributed by atoms with Crippen LogP contribution in [0.5, 0.6) is 0 Å². The van der Waals surface area contributed by atoms with Crippen LogP contribution in [0.2, 0.25) is 0 Å². The zero-order valence-electron chi connectivity index (χ0n) is 13.5. The molecule has 24 heavy (non-hydrogen) atoms. The topological polar surface area (TPSA) is 116 Å². The fraction of sp³-hybridized carbons (Fsp3) is 0.412. The highest BCUT2D eigenvalue weighted by molar-refractivity contribution is 6.00. The average Bonchev–Trinajstić information content (AvgIpc) is 2.61. The number of nitrogens with two attached hydrogens (primary N) is 1. The van der Waals surface area contributed by atoms with E-state index in [0.717, 1.165) is 24.2 Å². The molecule has 126 valence electrons. The van der Waals surface area contributed by atoms with Crippen LogP contribution in [0.15, 0.2) is 24.3 Å². The van der Waals surface area contributed by atoms with E-state index in [4.69, 9.17) is 11.0 Å². The summed E-state index contributed by atoms with van der Waals surface area (Å²) in [5, 5.41) is 11.8. The van der Waals surface area contributed by atoms with Crippen LogP contribution in [0, 0.1) is 11.5 Å². The van der Waals surface area contributed by atoms with Gasteiger partial charge in [0.05, 0.1) is 0 Å². The SMILES string of the molecule is CN(C#N)C(=O)C1(NC(=O)c2ccc(C(N)=O)cc2)CCCCC1. The minimum absolute atomic E-state index is 0.305. The van der Waals surface area contributed by atoms with Gasteiger partial charge in [0.25, 0.3) is 11.8 Å². The van der Waals surface area contributed by atoms with Crippen molar-refractivity contribution in [2.45, 2.75) is 37.6 Å². The molecule has 0 heterocycles. The standard InChI is InChI=1S/C17H20N4O3/c1-21(11-18)16(24)17(9-3-2-4-10-17)20-15(23)13-7-5-12(6-8-13)14(19)22/h5-8H,2-4,9-10H2,1H3,(H2,19,22)(H,20,23). The van der Waals surface area contributed by atoms with Gasteiger partial charge in [-0.05, 0) is 37.1 Å². The van der Waals surface area contributed by atoms with Crippen LogP contribution in [0.3, 0.4) is 0 Å². The Kier molecular flexibility index (Phi) is 5.19. The van der Waals surface area contributed by atoms with Crippen LogP contribution < -0.4 is 11.1 Å². The van der Waals surface area contributed by atoms with Crippen molar-refractivity contribution < 1.29 is 14.4 Å². The molecule has 7 nitrogen and oxygen atoms in total. The molecule has 0 spiro atoms. The molecule has 0 aromatic heterocycles. The third kappa shape index (κ3) is 3.54. The van der Waals surface area contributed by atoms with Crippen molar-refractivity contribution in [2.24, 2.45) is 5.73 Å². The molecule has 0 bridgehead atoms. The molecule has 1 saturated carbocycles. The lowest BCUT2D eigenvalue weighted by Gasteiger charge is -2.37. The number of nitrogens with one attached hydrogen (secondary N) is 1. The first-order valence-corrected chi connectivity index (χ1v) is 7.80. The number of primary amides is 1. The molecule has 1 aromatic carbocycles. The van der Waals surface area contributed by atoms with E-state index in [2.05, 4.69) is 5.32 Å². The van der Waals surface area contributed by atoms with Crippen molar-refractivity contribution in [1.29, 1.82) is 5.26 Å². The maximum absolute atomic E-state index is 12.6. The van der Waals surface area contributed by atoms with Gasteiger partial charge in [0.1, 0.15) is 5.54 Å². The number of amides is 3. The summed E-state index contributed by atoms with van der Waals surface area (Å²) in [6.45, 7) is 0. The number of carbonyl (C=O) groups excluding carboxylic acids is 3. The Labute approximate surface area is 140 Å². The quantitative estimate of drug-likeness (QED) is 0.637. The predicted octanol–water partition coefficient (Wildman–Crippen LogP) is 1.16. The highest BCUT2D eigenvalue weighted by Crippen LogP contribution is 2.30. The monoisotopic (exact) mass is 328 g/mol. The highest BCUT2D eigenvalue weighted by Gasteiger charge is 2.42. The van der Waals surface area contributed by atoms with E-state index in [1.165, 1.54) is 31.3 Å². The third-order valence-electron chi connectivity index (χ3n) is 4.36. The first-order valence-electron chi connectivity index (χ1n) is 7.80. The van der Waals surface area contributed by atoms with E-state index >= 15 is 0 Å². The van der Waals surface area contributed by atoms with E-state index in [-0.39, 0.29) is 0 Å². The van der Waals surface area contributed by atoms with E-state index in [0.29, 0.717) is 24.0 Å². The molecule has 0 saturated heterocycles. The summed E-state index contributed by atoms with van der Waals surface area (Å²) in [5.41, 5.74) is 4.76. The molecule has 1 aliphatic rings. The van der Waals surface area contributed by atoms with E-state index in [1.54, 1.807) is 6.19 Å². The van der Waals surface area contributed by atoms with E-state index in [1.807, 2.05) is 0 Å². The summed E-state index contributed by atoms with van der Waals surface area (Å²) in [6, 6.07) is 5.91. The first kappa shape index (κ1) is 17.5. The van der Waals surface area contributed by atoms with Gasteiger partial charge in [-0.2, -0.15) is 5.26 Å². The van der Waals surface area contributed by atoms with Gasteiger partial charge in [-0.1, -0.05) is 19.3 Å². The Balaban J connectivity index is 2.23. The lowest BCUT2D eigenvalue weighted by Crippen LogP contribution is -2.59. The zero-order valence-corrected chi connectivity index (χ0v) is 13.5. The molecule has 1 aliphatic carbocycles. The zero-order chi connectivity index (χ0) is 17.7. The lowest BCUT2D eigenvalue weighted by atomic mass is 9.80. The number of carbonyl (C=O) groups is 3. The van der Waals surface area contributed by atoms with Crippen LogP contribution in [0.4, 0.5) is 0 Å². The second kappa shape index (κ2) is 7.13. The van der Waals surface area contributed by atoms with Gasteiger partial charge < -0.3 is 11.1 Å². The summed E-state index contributed by atoms with van der Waals surface area (Å²) >= 11 is 0. The van der Waals surface area contributed by atoms with Crippen molar-refractivity contribution in [2.75, 3.05) is 7.05 Å². The molecular formula is C17H20N4O3. The molecule has 3 amide bonds. The Bertz CT molecular complexity index is 685. The molecule has 7 heteroatoms. The van der Waals surface area contributed by atoms with Gasteiger partial charge in [-0.3, -0.25) is 19.3 Å². The third-order valence-corrected chi connectivity index (χ3v) is 4.36. The summed E-state index contributed by atoms with van der Waals surface area (Å²) in [5.74, 6) is -1.38. The Morgan fingerprint density at radius 2 is 1.67 bits per heavy atom. The minimum atomic E-state index is -1.05. The van der Waals surface area contributed by atoms with Gasteiger partial charge in [-0.25, -0.2) is 0 Å². The number of benzene rings is 1. The molecule has 2 rings (SSSR count). The van der Waals surface area contributed by atoms with Gasteiger partial charge >= 0.3 is 0 Å². The van der Waals surface area contributed by atoms with Crippen LogP contribution in [-0.4, -0.2) is 35.2 Å². The minimum Gasteiger partial charge on any atom is -0.366 e. The molecule has 1 aromatic rings. The summed E-state index contributed by atoms with van der Waals surface area (Å²) in [6.07, 6.45) is 5.42. The largest absolute Gasteiger partial charge is 0.366 e. The number of rotatable bonds is 4. The number of nitrogens with zero attached hydrogens (tertiary/aromatic N) is 2. The maximum atomic E-state index is 12.6. The summed E-state index contributed by atoms with van der Waals surface area (Å²) in [7, 11) is 1.40. The van der Waals surface area contributed by atoms with Crippen molar-refractivity contribution in [3.05, 3.63) is 35.4 Å². The van der Waals surface area contributed by atoms with Crippen LogP contribution in [-0.2, 0) is 4.79 Å². The fourth-order valence-electron chi connectivity index (χ4n) is 2.99. The molecule has 1 fully saturated rings. The molecular weight excluding hydrogens is 308 g/mol. The van der Waals surface area contributed by atoms with Crippen molar-refractivity contribution in [3.8, 4) is 6.19 Å². The van der Waals surface area contributed by atoms with Crippen molar-refractivity contribution in [1.82, 2.24) is 10.2 Å². The number of nitriles is 1. The number of likely N-dealkylation sites (N-methyl/N-ethyl adjacent to an activating group) is 1. The maximum Gasteiger partial charge on any atom is 0.261 e. The van der Waals surface area contributed by atoms with E-state index < -0.39 is 23.3 Å². The van der Waals surface area contributed by atoms with Gasteiger partial charge in [0.15, 0.2) is 6.19 Å². The van der Waals surface area contributed by atoms with Crippen molar-refractivity contribution >= 4 is 17.7 Å². The molecule has 0 radical (unpaired) electrons. The van der Waals surface area contributed by atoms with E-state index in [9.17, 15) is 14.4 Å². The second-order valence-corrected chi connectivity index (χ2v) is 6.00. The number of hydrogen-bond acceptors (Lipinski definition) is 4. The highest BCUT2D eigenvalue weighted by atomic mass is 16.2. The lowest BCUT2D eigenvalue weighted by molar-refractivity contribution is -0.135. The van der Waals surface area contributed by atoms with Gasteiger partial charge in [0, 0.05) is 18.2 Å². The summed E-state index contributed by atoms with van der Waals surface area (Å²) < 4.78 is 0. The van der Waals surface area contributed by atoms with Gasteiger partial charge in [-0.15, -0.1) is 0 Å². The van der Waals surface area contributed by atoms with Crippen LogP contribution in [0.25, 0.3) is 0 Å². The Morgan fingerprint density at radius 1 is 1.12 bits per heavy atom. The average molecular weight is 328 g/mol. The Morgan fingerprint density at radius 3 is 2.17 bits per heavy atom. The van der Waals surface area contributed by atoms with Crippen LogP contribution >= 0.6 is 0 Å². The summed E-state index contributed by atoms with van der Waals surface area (Å²) in [4.78, 5) is 37.2. The van der Waals surface area contributed by atoms with Gasteiger partial charge in [0.2, 0.25) is 5.91 Å². The normalized spacial score (nSPS) is 15.8. The predicted molar refractivity (Wildman–Crippen MR) is 86.6 cm³/mol. The smallest absolute Gasteiger partial charge is 0.261 e. The Hall–Kier alpha value is -2.88. The van der Waals surface area contributed by atoms with Crippen LogP contribution in [0.1, 0.15) is 52.8 Å². The molecule has 0 atom stereocenters. The fourth-order valence-corrected chi connectivity index (χ4v) is 2.99. The second-order valence-electron chi connectivity index (χ2n) is 6.00. The first-order chi connectivity index (χ1) is 11.4.